The minimum atomic E-state index is 0.195. The Balaban J connectivity index is 1.96. The zero-order chi connectivity index (χ0) is 16.2. The number of pyridine rings is 1. The molecule has 1 aliphatic rings. The van der Waals surface area contributed by atoms with E-state index in [4.69, 9.17) is 14.7 Å². The largest absolute Gasteiger partial charge is 0.497 e. The molecule has 0 radical (unpaired) electrons. The highest BCUT2D eigenvalue weighted by molar-refractivity contribution is 5.50. The Labute approximate surface area is 136 Å². The van der Waals surface area contributed by atoms with Crippen LogP contribution in [0.1, 0.15) is 30.0 Å². The smallest absolute Gasteiger partial charge is 0.129 e. The van der Waals surface area contributed by atoms with E-state index in [1.165, 1.54) is 0 Å². The van der Waals surface area contributed by atoms with E-state index in [0.717, 1.165) is 42.3 Å². The zero-order valence-electron chi connectivity index (χ0n) is 13.3. The van der Waals surface area contributed by atoms with Crippen LogP contribution in [0.4, 0.5) is 5.82 Å². The van der Waals surface area contributed by atoms with Crippen LogP contribution in [-0.4, -0.2) is 25.7 Å². The summed E-state index contributed by atoms with van der Waals surface area (Å²) in [4.78, 5) is 6.70. The molecule has 1 saturated heterocycles. The van der Waals surface area contributed by atoms with Crippen LogP contribution >= 0.6 is 0 Å². The molecule has 1 atom stereocenters. The maximum atomic E-state index is 8.92. The number of nitriles is 1. The number of rotatable bonds is 4. The highest BCUT2D eigenvalue weighted by Crippen LogP contribution is 2.40. The lowest BCUT2D eigenvalue weighted by Gasteiger charge is -2.27. The summed E-state index contributed by atoms with van der Waals surface area (Å²) in [6.45, 7) is 0.934. The van der Waals surface area contributed by atoms with Gasteiger partial charge in [-0.3, -0.25) is 0 Å². The second kappa shape index (κ2) is 6.57. The van der Waals surface area contributed by atoms with Crippen LogP contribution in [-0.2, 0) is 0 Å². The Morgan fingerprint density at radius 3 is 2.74 bits per heavy atom. The van der Waals surface area contributed by atoms with E-state index < -0.39 is 0 Å². The lowest BCUT2D eigenvalue weighted by atomic mass is 10.0. The van der Waals surface area contributed by atoms with Gasteiger partial charge in [-0.1, -0.05) is 0 Å². The minimum absolute atomic E-state index is 0.195. The van der Waals surface area contributed by atoms with Crippen LogP contribution < -0.4 is 14.4 Å². The molecule has 1 fully saturated rings. The molecule has 0 N–H and O–H groups in total. The zero-order valence-corrected chi connectivity index (χ0v) is 13.3. The fraction of sp³-hybridized carbons (Fsp3) is 0.333. The minimum Gasteiger partial charge on any atom is -0.497 e. The lowest BCUT2D eigenvalue weighted by Crippen LogP contribution is -2.24. The third-order valence-electron chi connectivity index (χ3n) is 4.22. The molecule has 0 aliphatic carbocycles. The van der Waals surface area contributed by atoms with Gasteiger partial charge in [0.1, 0.15) is 23.4 Å². The van der Waals surface area contributed by atoms with Crippen molar-refractivity contribution in [2.45, 2.75) is 18.9 Å². The van der Waals surface area contributed by atoms with E-state index >= 15 is 0 Å². The molecule has 0 bridgehead atoms. The van der Waals surface area contributed by atoms with Gasteiger partial charge < -0.3 is 14.4 Å². The van der Waals surface area contributed by atoms with Crippen LogP contribution in [0.3, 0.4) is 0 Å². The number of ether oxygens (including phenoxy) is 2. The van der Waals surface area contributed by atoms with Gasteiger partial charge in [0.15, 0.2) is 0 Å². The van der Waals surface area contributed by atoms with Gasteiger partial charge in [0.05, 0.1) is 25.8 Å². The molecule has 0 unspecified atom stereocenters. The molecular formula is C18H19N3O2. The number of aromatic nitrogens is 1. The van der Waals surface area contributed by atoms with E-state index in [2.05, 4.69) is 16.0 Å². The maximum Gasteiger partial charge on any atom is 0.129 e. The Morgan fingerprint density at radius 2 is 2.09 bits per heavy atom. The molecule has 5 nitrogen and oxygen atoms in total. The van der Waals surface area contributed by atoms with Crippen LogP contribution in [0.25, 0.3) is 0 Å². The first kappa shape index (κ1) is 15.2. The van der Waals surface area contributed by atoms with Crippen LogP contribution in [0.5, 0.6) is 11.5 Å². The lowest BCUT2D eigenvalue weighted by molar-refractivity contribution is 0.395. The van der Waals surface area contributed by atoms with Gasteiger partial charge in [-0.15, -0.1) is 0 Å². The van der Waals surface area contributed by atoms with Crippen molar-refractivity contribution in [2.75, 3.05) is 25.7 Å². The molecule has 5 heteroatoms. The van der Waals surface area contributed by atoms with Gasteiger partial charge in [0.25, 0.3) is 0 Å². The summed E-state index contributed by atoms with van der Waals surface area (Å²) in [5.41, 5.74) is 1.68. The van der Waals surface area contributed by atoms with Crippen molar-refractivity contribution in [2.24, 2.45) is 0 Å². The van der Waals surface area contributed by atoms with E-state index in [1.807, 2.05) is 24.3 Å². The molecule has 0 amide bonds. The summed E-state index contributed by atoms with van der Waals surface area (Å²) < 4.78 is 10.9. The molecule has 1 aromatic carbocycles. The van der Waals surface area contributed by atoms with Gasteiger partial charge in [-0.05, 0) is 43.2 Å². The third-order valence-corrected chi connectivity index (χ3v) is 4.22. The van der Waals surface area contributed by atoms with Crippen LogP contribution in [0.2, 0.25) is 0 Å². The quantitative estimate of drug-likeness (QED) is 0.867. The maximum absolute atomic E-state index is 8.92. The summed E-state index contributed by atoms with van der Waals surface area (Å²) in [7, 11) is 3.35. The monoisotopic (exact) mass is 309 g/mol. The van der Waals surface area contributed by atoms with Gasteiger partial charge >= 0.3 is 0 Å². The van der Waals surface area contributed by atoms with Gasteiger partial charge in [0, 0.05) is 18.3 Å². The van der Waals surface area contributed by atoms with Crippen molar-refractivity contribution in [1.82, 2.24) is 4.98 Å². The first-order chi connectivity index (χ1) is 11.3. The van der Waals surface area contributed by atoms with Crippen molar-refractivity contribution in [3.05, 3.63) is 47.7 Å². The molecule has 118 valence electrons. The number of nitrogens with zero attached hydrogens (tertiary/aromatic N) is 3. The van der Waals surface area contributed by atoms with Crippen molar-refractivity contribution in [3.8, 4) is 17.6 Å². The molecule has 1 aliphatic heterocycles. The summed E-state index contributed by atoms with van der Waals surface area (Å²) in [5.74, 6) is 2.56. The molecule has 0 saturated carbocycles. The van der Waals surface area contributed by atoms with Crippen LogP contribution in [0, 0.1) is 11.3 Å². The summed E-state index contributed by atoms with van der Waals surface area (Å²) in [5, 5.41) is 8.92. The second-order valence-electron chi connectivity index (χ2n) is 5.48. The van der Waals surface area contributed by atoms with Gasteiger partial charge in [0.2, 0.25) is 0 Å². The molecular weight excluding hydrogens is 290 g/mol. The summed E-state index contributed by atoms with van der Waals surface area (Å²) in [6.07, 6.45) is 3.74. The van der Waals surface area contributed by atoms with Crippen molar-refractivity contribution >= 4 is 5.82 Å². The molecule has 23 heavy (non-hydrogen) atoms. The Kier molecular flexibility index (Phi) is 4.33. The summed E-state index contributed by atoms with van der Waals surface area (Å²) >= 11 is 0. The van der Waals surface area contributed by atoms with Crippen molar-refractivity contribution < 1.29 is 9.47 Å². The fourth-order valence-electron chi connectivity index (χ4n) is 3.09. The molecule has 3 rings (SSSR count). The Bertz CT molecular complexity index is 722. The Hall–Kier alpha value is -2.74. The molecule has 2 heterocycles. The normalized spacial score (nSPS) is 16.9. The summed E-state index contributed by atoms with van der Waals surface area (Å²) in [6, 6.07) is 11.9. The Morgan fingerprint density at radius 1 is 1.22 bits per heavy atom. The molecule has 0 spiro atoms. The van der Waals surface area contributed by atoms with Crippen molar-refractivity contribution in [3.63, 3.8) is 0 Å². The van der Waals surface area contributed by atoms with Gasteiger partial charge in [-0.25, -0.2) is 4.98 Å². The molecule has 2 aromatic rings. The first-order valence-corrected chi connectivity index (χ1v) is 7.61. The van der Waals surface area contributed by atoms with E-state index in [1.54, 1.807) is 26.5 Å². The van der Waals surface area contributed by atoms with E-state index in [-0.39, 0.29) is 6.04 Å². The third kappa shape index (κ3) is 2.93. The average molecular weight is 309 g/mol. The SMILES string of the molecule is COc1ccc(OC)c([C@@H]2CCCN2c2ccc(C#N)cn2)c1. The van der Waals surface area contributed by atoms with E-state index in [9.17, 15) is 0 Å². The number of anilines is 1. The highest BCUT2D eigenvalue weighted by atomic mass is 16.5. The van der Waals surface area contributed by atoms with Crippen LogP contribution in [0.15, 0.2) is 36.5 Å². The predicted molar refractivity (Wildman–Crippen MR) is 87.8 cm³/mol. The number of hydrogen-bond acceptors (Lipinski definition) is 5. The number of methoxy groups -OCH3 is 2. The number of hydrogen-bond donors (Lipinski definition) is 0. The molecule has 1 aromatic heterocycles. The standard InChI is InChI=1S/C18H19N3O2/c1-22-14-6-7-17(23-2)15(10-14)16-4-3-9-21(16)18-8-5-13(11-19)12-20-18/h5-8,10,12,16H,3-4,9H2,1-2H3/t16-/m0/s1. The van der Waals surface area contributed by atoms with Crippen molar-refractivity contribution in [1.29, 1.82) is 5.26 Å². The number of benzene rings is 1. The predicted octanol–water partition coefficient (Wildman–Crippen LogP) is 3.31. The topological polar surface area (TPSA) is 58.4 Å². The first-order valence-electron chi connectivity index (χ1n) is 7.61. The average Bonchev–Trinajstić information content (AvgIpc) is 3.10. The highest BCUT2D eigenvalue weighted by Gasteiger charge is 2.29. The second-order valence-corrected chi connectivity index (χ2v) is 5.48. The van der Waals surface area contributed by atoms with Gasteiger partial charge in [-0.2, -0.15) is 5.26 Å². The fourth-order valence-corrected chi connectivity index (χ4v) is 3.09. The van der Waals surface area contributed by atoms with E-state index in [0.29, 0.717) is 5.56 Å².